The van der Waals surface area contributed by atoms with Crippen LogP contribution in [0.3, 0.4) is 0 Å². The van der Waals surface area contributed by atoms with Gasteiger partial charge >= 0.3 is 0 Å². The number of rotatable bonds is 5. The Morgan fingerprint density at radius 2 is 2.57 bits per heavy atom. The van der Waals surface area contributed by atoms with Gasteiger partial charge in [0, 0.05) is 6.42 Å². The van der Waals surface area contributed by atoms with E-state index in [0.717, 1.165) is 6.42 Å². The summed E-state index contributed by atoms with van der Waals surface area (Å²) in [7, 11) is 0. The van der Waals surface area contributed by atoms with Gasteiger partial charge in [-0.05, 0) is 18.9 Å². The molecule has 0 bridgehead atoms. The molecule has 0 radical (unpaired) electrons. The highest BCUT2D eigenvalue weighted by molar-refractivity contribution is 7.13. The fourth-order valence-corrected chi connectivity index (χ4v) is 1.37. The number of nitrogens with zero attached hydrogens (tertiary/aromatic N) is 2. The molecule has 1 heterocycles. The summed E-state index contributed by atoms with van der Waals surface area (Å²) in [4.78, 5) is 11.3. The number of amides is 1. The average molecular weight is 214 g/mol. The topological polar surface area (TPSA) is 80.9 Å². The highest BCUT2D eigenvalue weighted by atomic mass is 32.1. The molecule has 1 unspecified atom stereocenters. The molecular weight excluding hydrogens is 200 g/mol. The van der Waals surface area contributed by atoms with Gasteiger partial charge in [-0.3, -0.25) is 4.79 Å². The van der Waals surface area contributed by atoms with Gasteiger partial charge in [-0.1, -0.05) is 18.3 Å². The van der Waals surface area contributed by atoms with Crippen molar-refractivity contribution in [1.82, 2.24) is 10.2 Å². The molecule has 14 heavy (non-hydrogen) atoms. The molecule has 0 aliphatic heterocycles. The van der Waals surface area contributed by atoms with Crippen LogP contribution in [0.2, 0.25) is 0 Å². The molecule has 3 N–H and O–H groups in total. The second-order valence-corrected chi connectivity index (χ2v) is 4.00. The van der Waals surface area contributed by atoms with Crippen LogP contribution in [0.1, 0.15) is 19.8 Å². The van der Waals surface area contributed by atoms with E-state index in [1.165, 1.54) is 11.3 Å². The monoisotopic (exact) mass is 214 g/mol. The first kappa shape index (κ1) is 11.1. The number of carbonyl (C=O) groups is 1. The maximum absolute atomic E-state index is 11.3. The predicted octanol–water partition coefficient (Wildman–Crippen LogP) is 0.852. The normalized spacial score (nSPS) is 12.4. The first-order valence-electron chi connectivity index (χ1n) is 4.48. The molecule has 0 spiro atoms. The van der Waals surface area contributed by atoms with Crippen molar-refractivity contribution in [2.24, 2.45) is 11.7 Å². The molecule has 6 heteroatoms. The molecule has 1 aromatic heterocycles. The molecule has 1 rings (SSSR count). The Bertz CT molecular complexity index is 275. The zero-order valence-corrected chi connectivity index (χ0v) is 8.88. The number of hydrogen-bond donors (Lipinski definition) is 2. The number of hydrogen-bond acceptors (Lipinski definition) is 5. The Morgan fingerprint density at radius 3 is 3.14 bits per heavy atom. The summed E-state index contributed by atoms with van der Waals surface area (Å²) in [6.45, 7) is 2.64. The highest BCUT2D eigenvalue weighted by Crippen LogP contribution is 2.10. The van der Waals surface area contributed by atoms with Crippen molar-refractivity contribution in [3.8, 4) is 0 Å². The molecule has 1 amide bonds. The lowest BCUT2D eigenvalue weighted by molar-refractivity contribution is -0.116. The smallest absolute Gasteiger partial charge is 0.226 e. The van der Waals surface area contributed by atoms with E-state index >= 15 is 0 Å². The molecule has 1 atom stereocenters. The largest absolute Gasteiger partial charge is 0.330 e. The lowest BCUT2D eigenvalue weighted by Crippen LogP contribution is -2.16. The van der Waals surface area contributed by atoms with Gasteiger partial charge < -0.3 is 11.1 Å². The second-order valence-electron chi connectivity index (χ2n) is 3.17. The van der Waals surface area contributed by atoms with Crippen LogP contribution in [0.25, 0.3) is 0 Å². The number of carbonyl (C=O) groups excluding carboxylic acids is 1. The molecule has 0 aliphatic carbocycles. The SMILES string of the molecule is CC(CN)CCC(=O)Nc1nncs1. The maximum atomic E-state index is 11.3. The Kier molecular flexibility index (Phi) is 4.48. The van der Waals surface area contributed by atoms with Crippen molar-refractivity contribution in [2.75, 3.05) is 11.9 Å². The highest BCUT2D eigenvalue weighted by Gasteiger charge is 2.06. The van der Waals surface area contributed by atoms with Gasteiger partial charge in [0.2, 0.25) is 11.0 Å². The van der Waals surface area contributed by atoms with Crippen LogP contribution in [0.5, 0.6) is 0 Å². The zero-order valence-electron chi connectivity index (χ0n) is 8.06. The summed E-state index contributed by atoms with van der Waals surface area (Å²) in [5.41, 5.74) is 7.02. The van der Waals surface area contributed by atoms with E-state index in [4.69, 9.17) is 5.73 Å². The quantitative estimate of drug-likeness (QED) is 0.761. The van der Waals surface area contributed by atoms with Crippen molar-refractivity contribution >= 4 is 22.4 Å². The molecular formula is C8H14N4OS. The number of aromatic nitrogens is 2. The van der Waals surface area contributed by atoms with E-state index in [2.05, 4.69) is 15.5 Å². The van der Waals surface area contributed by atoms with Gasteiger partial charge in [0.05, 0.1) is 0 Å². The standard InChI is InChI=1S/C8H14N4OS/c1-6(4-9)2-3-7(13)11-8-12-10-5-14-8/h5-6H,2-4,9H2,1H3,(H,11,12,13). The Balaban J connectivity index is 2.23. The Labute approximate surface area is 86.7 Å². The summed E-state index contributed by atoms with van der Waals surface area (Å²) < 4.78 is 0. The van der Waals surface area contributed by atoms with Crippen molar-refractivity contribution < 1.29 is 4.79 Å². The lowest BCUT2D eigenvalue weighted by Gasteiger charge is -2.06. The summed E-state index contributed by atoms with van der Waals surface area (Å²) >= 11 is 1.31. The third-order valence-electron chi connectivity index (χ3n) is 1.87. The van der Waals surface area contributed by atoms with Crippen molar-refractivity contribution in [2.45, 2.75) is 19.8 Å². The summed E-state index contributed by atoms with van der Waals surface area (Å²) in [5.74, 6) is 0.359. The molecule has 78 valence electrons. The maximum Gasteiger partial charge on any atom is 0.226 e. The van der Waals surface area contributed by atoms with Crippen LogP contribution >= 0.6 is 11.3 Å². The fraction of sp³-hybridized carbons (Fsp3) is 0.625. The lowest BCUT2D eigenvalue weighted by atomic mass is 10.1. The van der Waals surface area contributed by atoms with Crippen molar-refractivity contribution in [3.63, 3.8) is 0 Å². The van der Waals surface area contributed by atoms with Crippen molar-refractivity contribution in [3.05, 3.63) is 5.51 Å². The minimum Gasteiger partial charge on any atom is -0.330 e. The van der Waals surface area contributed by atoms with E-state index in [9.17, 15) is 4.79 Å². The van der Waals surface area contributed by atoms with E-state index < -0.39 is 0 Å². The van der Waals surface area contributed by atoms with E-state index in [0.29, 0.717) is 24.0 Å². The first-order valence-corrected chi connectivity index (χ1v) is 5.36. The fourth-order valence-electron chi connectivity index (χ4n) is 0.905. The molecule has 1 aromatic rings. The second kappa shape index (κ2) is 5.66. The van der Waals surface area contributed by atoms with Gasteiger partial charge in [-0.2, -0.15) is 0 Å². The van der Waals surface area contributed by atoms with Gasteiger partial charge in [-0.25, -0.2) is 0 Å². The molecule has 5 nitrogen and oxygen atoms in total. The van der Waals surface area contributed by atoms with Crippen LogP contribution in [0.4, 0.5) is 5.13 Å². The minimum absolute atomic E-state index is 0.0259. The molecule has 0 aliphatic rings. The average Bonchev–Trinajstić information content (AvgIpc) is 2.66. The first-order chi connectivity index (χ1) is 6.72. The van der Waals surface area contributed by atoms with Gasteiger partial charge in [0.25, 0.3) is 0 Å². The van der Waals surface area contributed by atoms with Crippen LogP contribution < -0.4 is 11.1 Å². The number of anilines is 1. The van der Waals surface area contributed by atoms with Gasteiger partial charge in [0.15, 0.2) is 0 Å². The predicted molar refractivity (Wildman–Crippen MR) is 56.0 cm³/mol. The van der Waals surface area contributed by atoms with E-state index in [-0.39, 0.29) is 5.91 Å². The van der Waals surface area contributed by atoms with Crippen molar-refractivity contribution in [1.29, 1.82) is 0 Å². The van der Waals surface area contributed by atoms with Crippen LogP contribution in [0.15, 0.2) is 5.51 Å². The molecule has 0 saturated carbocycles. The van der Waals surface area contributed by atoms with Crippen LogP contribution in [-0.4, -0.2) is 22.6 Å². The van der Waals surface area contributed by atoms with Crippen LogP contribution in [0, 0.1) is 5.92 Å². The van der Waals surface area contributed by atoms with Gasteiger partial charge in [0.1, 0.15) is 5.51 Å². The molecule has 0 saturated heterocycles. The Hall–Kier alpha value is -1.01. The van der Waals surface area contributed by atoms with E-state index in [1.54, 1.807) is 5.51 Å². The summed E-state index contributed by atoms with van der Waals surface area (Å²) in [5, 5.41) is 10.6. The van der Waals surface area contributed by atoms with Crippen LogP contribution in [-0.2, 0) is 4.79 Å². The number of nitrogens with two attached hydrogens (primary N) is 1. The zero-order chi connectivity index (χ0) is 10.4. The summed E-state index contributed by atoms with van der Waals surface area (Å²) in [6, 6.07) is 0. The number of nitrogens with one attached hydrogen (secondary N) is 1. The molecule has 0 aromatic carbocycles. The van der Waals surface area contributed by atoms with Gasteiger partial charge in [-0.15, -0.1) is 10.2 Å². The van der Waals surface area contributed by atoms with E-state index in [1.807, 2.05) is 6.92 Å². The Morgan fingerprint density at radius 1 is 1.79 bits per heavy atom. The third-order valence-corrected chi connectivity index (χ3v) is 2.48. The third kappa shape index (κ3) is 3.80. The molecule has 0 fully saturated rings. The minimum atomic E-state index is -0.0259. The summed E-state index contributed by atoms with van der Waals surface area (Å²) in [6.07, 6.45) is 1.29.